The van der Waals surface area contributed by atoms with Crippen LogP contribution in [-0.4, -0.2) is 67.7 Å². The molecule has 0 atom stereocenters. The molecule has 9 nitrogen and oxygen atoms in total. The molecule has 2 aromatic rings. The maximum absolute atomic E-state index is 12.8. The van der Waals surface area contributed by atoms with Gasteiger partial charge in [-0.1, -0.05) is 32.0 Å². The molecule has 0 spiro atoms. The quantitative estimate of drug-likeness (QED) is 0.465. The van der Waals surface area contributed by atoms with Gasteiger partial charge in [0.1, 0.15) is 5.69 Å². The normalized spacial score (nSPS) is 14.6. The summed E-state index contributed by atoms with van der Waals surface area (Å²) in [5.41, 5.74) is 1.66. The average molecular weight is 461 g/mol. The van der Waals surface area contributed by atoms with Crippen molar-refractivity contribution in [3.63, 3.8) is 0 Å². The van der Waals surface area contributed by atoms with Gasteiger partial charge in [0.25, 0.3) is 11.6 Å². The molecule has 1 fully saturated rings. The molecule has 2 aromatic carbocycles. The number of carbonyl (C=O) groups excluding carboxylic acids is 1. The molecule has 0 radical (unpaired) electrons. The van der Waals surface area contributed by atoms with Gasteiger partial charge in [-0.3, -0.25) is 14.9 Å². The molecular weight excluding hydrogens is 432 g/mol. The summed E-state index contributed by atoms with van der Waals surface area (Å²) in [6.45, 7) is 7.58. The van der Waals surface area contributed by atoms with Crippen LogP contribution in [0.2, 0.25) is 0 Å². The molecule has 10 heteroatoms. The first-order valence-electron chi connectivity index (χ1n) is 10.6. The predicted octanol–water partition coefficient (Wildman–Crippen LogP) is 2.90. The Bertz CT molecular complexity index is 1110. The number of sulfonamides is 1. The second-order valence-corrected chi connectivity index (χ2v) is 9.53. The Morgan fingerprint density at radius 3 is 2.25 bits per heavy atom. The molecule has 3 rings (SSSR count). The largest absolute Gasteiger partial charge is 0.362 e. The van der Waals surface area contributed by atoms with Gasteiger partial charge >= 0.3 is 0 Å². The minimum absolute atomic E-state index is 0.0575. The van der Waals surface area contributed by atoms with Crippen molar-refractivity contribution in [3.05, 3.63) is 63.7 Å². The molecule has 0 saturated carbocycles. The van der Waals surface area contributed by atoms with Gasteiger partial charge in [-0.15, -0.1) is 0 Å². The number of rotatable bonds is 7. The van der Waals surface area contributed by atoms with Gasteiger partial charge in [-0.05, 0) is 30.7 Å². The monoisotopic (exact) mass is 460 g/mol. The summed E-state index contributed by atoms with van der Waals surface area (Å²) in [5, 5.41) is 11.8. The van der Waals surface area contributed by atoms with Crippen LogP contribution in [-0.2, 0) is 10.0 Å². The van der Waals surface area contributed by atoms with E-state index in [-0.39, 0.29) is 29.6 Å². The SMILES string of the molecule is CCN(CC)S(=O)(=O)c1ccc(N2CCN(C(=O)c3ccccc3C)CC2)c([N+](=O)[O-])c1. The van der Waals surface area contributed by atoms with E-state index >= 15 is 0 Å². The van der Waals surface area contributed by atoms with Crippen LogP contribution >= 0.6 is 0 Å². The van der Waals surface area contributed by atoms with Crippen LogP contribution in [0.25, 0.3) is 0 Å². The fourth-order valence-electron chi connectivity index (χ4n) is 3.92. The number of aryl methyl sites for hydroxylation is 1. The van der Waals surface area contributed by atoms with Crippen molar-refractivity contribution in [2.24, 2.45) is 0 Å². The summed E-state index contributed by atoms with van der Waals surface area (Å²) in [5.74, 6) is -0.0575. The van der Waals surface area contributed by atoms with Crippen LogP contribution in [0.1, 0.15) is 29.8 Å². The zero-order valence-corrected chi connectivity index (χ0v) is 19.3. The fraction of sp³-hybridized carbons (Fsp3) is 0.409. The lowest BCUT2D eigenvalue weighted by molar-refractivity contribution is -0.384. The lowest BCUT2D eigenvalue weighted by Gasteiger charge is -2.36. The van der Waals surface area contributed by atoms with Crippen molar-refractivity contribution in [2.45, 2.75) is 25.7 Å². The molecule has 1 aliphatic heterocycles. The highest BCUT2D eigenvalue weighted by Gasteiger charge is 2.30. The highest BCUT2D eigenvalue weighted by atomic mass is 32.2. The first-order chi connectivity index (χ1) is 15.2. The van der Waals surface area contributed by atoms with E-state index < -0.39 is 14.9 Å². The molecular formula is C22H28N4O5S. The van der Waals surface area contributed by atoms with Crippen LogP contribution in [0.5, 0.6) is 0 Å². The summed E-state index contributed by atoms with van der Waals surface area (Å²) >= 11 is 0. The molecule has 1 aliphatic rings. The van der Waals surface area contributed by atoms with E-state index in [1.54, 1.807) is 24.8 Å². The second kappa shape index (κ2) is 9.66. The topological polar surface area (TPSA) is 104 Å². The van der Waals surface area contributed by atoms with E-state index in [1.807, 2.05) is 30.0 Å². The zero-order valence-electron chi connectivity index (χ0n) is 18.5. The van der Waals surface area contributed by atoms with Crippen LogP contribution in [0.4, 0.5) is 11.4 Å². The lowest BCUT2D eigenvalue weighted by atomic mass is 10.1. The van der Waals surface area contributed by atoms with Crippen molar-refractivity contribution < 1.29 is 18.1 Å². The molecule has 0 aliphatic carbocycles. The van der Waals surface area contributed by atoms with Gasteiger partial charge < -0.3 is 9.80 Å². The number of hydrogen-bond donors (Lipinski definition) is 0. The molecule has 0 aromatic heterocycles. The first kappa shape index (κ1) is 23.7. The van der Waals surface area contributed by atoms with E-state index in [4.69, 9.17) is 0 Å². The number of nitro benzene ring substituents is 1. The van der Waals surface area contributed by atoms with E-state index in [2.05, 4.69) is 0 Å². The van der Waals surface area contributed by atoms with Crippen molar-refractivity contribution in [1.29, 1.82) is 0 Å². The van der Waals surface area contributed by atoms with Gasteiger partial charge in [0, 0.05) is 50.9 Å². The average Bonchev–Trinajstić information content (AvgIpc) is 2.79. The maximum Gasteiger partial charge on any atom is 0.293 e. The van der Waals surface area contributed by atoms with Crippen LogP contribution < -0.4 is 4.90 Å². The van der Waals surface area contributed by atoms with E-state index in [0.29, 0.717) is 37.4 Å². The lowest BCUT2D eigenvalue weighted by Crippen LogP contribution is -2.49. The third kappa shape index (κ3) is 4.61. The Morgan fingerprint density at radius 2 is 1.69 bits per heavy atom. The van der Waals surface area contributed by atoms with E-state index in [9.17, 15) is 23.3 Å². The minimum Gasteiger partial charge on any atom is -0.362 e. The Morgan fingerprint density at radius 1 is 1.06 bits per heavy atom. The number of carbonyl (C=O) groups is 1. The molecule has 172 valence electrons. The number of anilines is 1. The van der Waals surface area contributed by atoms with Gasteiger partial charge in [0.15, 0.2) is 0 Å². The standard InChI is InChI=1S/C22H28N4O5S/c1-4-25(5-2)32(30,31)18-10-11-20(21(16-18)26(28)29)23-12-14-24(15-13-23)22(27)19-9-7-6-8-17(19)3/h6-11,16H,4-5,12-15H2,1-3H3. The second-order valence-electron chi connectivity index (χ2n) is 7.59. The Hall–Kier alpha value is -2.98. The number of nitro groups is 1. The van der Waals surface area contributed by atoms with E-state index in [0.717, 1.165) is 11.6 Å². The van der Waals surface area contributed by atoms with Gasteiger partial charge in [-0.2, -0.15) is 4.31 Å². The van der Waals surface area contributed by atoms with Crippen LogP contribution in [0, 0.1) is 17.0 Å². The minimum atomic E-state index is -3.80. The van der Waals surface area contributed by atoms with Crippen LogP contribution in [0.3, 0.4) is 0 Å². The number of amides is 1. The molecule has 32 heavy (non-hydrogen) atoms. The summed E-state index contributed by atoms with van der Waals surface area (Å²) in [6, 6.07) is 11.4. The van der Waals surface area contributed by atoms with Crippen molar-refractivity contribution >= 4 is 27.3 Å². The molecule has 1 amide bonds. The molecule has 0 N–H and O–H groups in total. The fourth-order valence-corrected chi connectivity index (χ4v) is 5.40. The van der Waals surface area contributed by atoms with Crippen molar-refractivity contribution in [1.82, 2.24) is 9.21 Å². The van der Waals surface area contributed by atoms with Gasteiger partial charge in [-0.25, -0.2) is 8.42 Å². The predicted molar refractivity (Wildman–Crippen MR) is 122 cm³/mol. The summed E-state index contributed by atoms with van der Waals surface area (Å²) in [7, 11) is -3.80. The highest BCUT2D eigenvalue weighted by molar-refractivity contribution is 7.89. The summed E-state index contributed by atoms with van der Waals surface area (Å²) in [4.78, 5) is 27.5. The maximum atomic E-state index is 12.8. The summed E-state index contributed by atoms with van der Waals surface area (Å²) in [6.07, 6.45) is 0. The highest BCUT2D eigenvalue weighted by Crippen LogP contribution is 2.32. The Kier molecular flexibility index (Phi) is 7.15. The number of piperazine rings is 1. The smallest absolute Gasteiger partial charge is 0.293 e. The van der Waals surface area contributed by atoms with Crippen molar-refractivity contribution in [3.8, 4) is 0 Å². The van der Waals surface area contributed by atoms with Crippen LogP contribution in [0.15, 0.2) is 47.4 Å². The molecule has 1 saturated heterocycles. The first-order valence-corrected chi connectivity index (χ1v) is 12.0. The van der Waals surface area contributed by atoms with Crippen molar-refractivity contribution in [2.75, 3.05) is 44.2 Å². The molecule has 0 unspecified atom stereocenters. The van der Waals surface area contributed by atoms with Gasteiger partial charge in [0.05, 0.1) is 9.82 Å². The van der Waals surface area contributed by atoms with Gasteiger partial charge in [0.2, 0.25) is 10.0 Å². The van der Waals surface area contributed by atoms with E-state index in [1.165, 1.54) is 16.4 Å². The Labute approximate surface area is 188 Å². The zero-order chi connectivity index (χ0) is 23.5. The number of benzene rings is 2. The molecule has 1 heterocycles. The summed E-state index contributed by atoms with van der Waals surface area (Å²) < 4.78 is 26.8. The third-order valence-corrected chi connectivity index (χ3v) is 7.82. The third-order valence-electron chi connectivity index (χ3n) is 5.77. The number of hydrogen-bond acceptors (Lipinski definition) is 6. The Balaban J connectivity index is 1.81. The molecule has 0 bridgehead atoms. The number of nitrogens with zero attached hydrogens (tertiary/aromatic N) is 4.